The number of nitrogens with one attached hydrogen (secondary N) is 1. The molecule has 0 unspecified atom stereocenters. The standard InChI is InChI=1S/C25H36N6O3/c1-16(2)22(23-27-28-29-31(23)25(3,4)5)30(15-20-8-7-11-34-20)14-18-12-17-9-10-19(33-6)13-21(17)26-24(18)32/h9-10,12-13,16,20,22H,7-8,11,14-15H2,1-6H3,(H,26,32)/t20-,22+/m0/s1. The van der Waals surface area contributed by atoms with Crippen LogP contribution in [0.25, 0.3) is 10.9 Å². The third-order valence-electron chi connectivity index (χ3n) is 6.38. The molecule has 2 aromatic heterocycles. The largest absolute Gasteiger partial charge is 0.497 e. The lowest BCUT2D eigenvalue weighted by Crippen LogP contribution is -2.41. The van der Waals surface area contributed by atoms with E-state index in [1.807, 2.05) is 28.9 Å². The van der Waals surface area contributed by atoms with Crippen molar-refractivity contribution in [1.29, 1.82) is 0 Å². The predicted octanol–water partition coefficient (Wildman–Crippen LogP) is 3.66. The lowest BCUT2D eigenvalue weighted by atomic mass is 9.98. The molecule has 1 aromatic carbocycles. The van der Waals surface area contributed by atoms with Crippen LogP contribution in [0.5, 0.6) is 5.75 Å². The second-order valence-electron chi connectivity index (χ2n) is 10.4. The number of fused-ring (bicyclic) bond motifs is 1. The Morgan fingerprint density at radius 2 is 2.09 bits per heavy atom. The maximum Gasteiger partial charge on any atom is 0.252 e. The normalized spacial score (nSPS) is 17.7. The van der Waals surface area contributed by atoms with Crippen molar-refractivity contribution in [2.45, 2.75) is 71.7 Å². The molecule has 1 aliphatic rings. The summed E-state index contributed by atoms with van der Waals surface area (Å²) >= 11 is 0. The van der Waals surface area contributed by atoms with E-state index in [2.05, 4.69) is 60.0 Å². The SMILES string of the molecule is COc1ccc2cc(CN(C[C@@H]3CCCO3)[C@@H](c3nnnn3C(C)(C)C)C(C)C)c(=O)[nH]c2c1. The van der Waals surface area contributed by atoms with Crippen molar-refractivity contribution >= 4 is 10.9 Å². The molecular weight excluding hydrogens is 432 g/mol. The highest BCUT2D eigenvalue weighted by atomic mass is 16.5. The molecule has 0 radical (unpaired) electrons. The number of benzene rings is 1. The lowest BCUT2D eigenvalue weighted by molar-refractivity contribution is 0.0371. The summed E-state index contributed by atoms with van der Waals surface area (Å²) in [5.74, 6) is 1.74. The Hall–Kier alpha value is -2.78. The fraction of sp³-hybridized carbons (Fsp3) is 0.600. The van der Waals surface area contributed by atoms with Crippen LogP contribution in [0.4, 0.5) is 0 Å². The first kappa shape index (κ1) is 24.3. The summed E-state index contributed by atoms with van der Waals surface area (Å²) in [6.45, 7) is 12.6. The minimum Gasteiger partial charge on any atom is -0.497 e. The van der Waals surface area contributed by atoms with E-state index in [9.17, 15) is 4.79 Å². The number of hydrogen-bond donors (Lipinski definition) is 1. The molecule has 0 bridgehead atoms. The van der Waals surface area contributed by atoms with Gasteiger partial charge in [-0.15, -0.1) is 5.10 Å². The molecule has 0 aliphatic carbocycles. The van der Waals surface area contributed by atoms with Crippen LogP contribution in [0.2, 0.25) is 0 Å². The summed E-state index contributed by atoms with van der Waals surface area (Å²) in [6.07, 6.45) is 2.20. The van der Waals surface area contributed by atoms with E-state index < -0.39 is 0 Å². The quantitative estimate of drug-likeness (QED) is 0.539. The monoisotopic (exact) mass is 468 g/mol. The molecule has 2 atom stereocenters. The Balaban J connectivity index is 1.74. The average Bonchev–Trinajstić information content (AvgIpc) is 3.46. The van der Waals surface area contributed by atoms with Gasteiger partial charge in [-0.3, -0.25) is 9.69 Å². The van der Waals surface area contributed by atoms with Gasteiger partial charge in [-0.1, -0.05) is 13.8 Å². The summed E-state index contributed by atoms with van der Waals surface area (Å²) in [4.78, 5) is 18.5. The molecule has 9 nitrogen and oxygen atoms in total. The van der Waals surface area contributed by atoms with Gasteiger partial charge < -0.3 is 14.5 Å². The summed E-state index contributed by atoms with van der Waals surface area (Å²) in [6, 6.07) is 7.62. The minimum atomic E-state index is -0.263. The summed E-state index contributed by atoms with van der Waals surface area (Å²) < 4.78 is 13.2. The number of nitrogens with zero attached hydrogens (tertiary/aromatic N) is 5. The summed E-state index contributed by atoms with van der Waals surface area (Å²) in [5, 5.41) is 13.7. The zero-order chi connectivity index (χ0) is 24.5. The van der Waals surface area contributed by atoms with Crippen molar-refractivity contribution in [2.24, 2.45) is 5.92 Å². The minimum absolute atomic E-state index is 0.0793. The number of aromatic amines is 1. The Morgan fingerprint density at radius 1 is 1.29 bits per heavy atom. The van der Waals surface area contributed by atoms with Gasteiger partial charge in [0.1, 0.15) is 5.75 Å². The molecule has 1 saturated heterocycles. The molecule has 0 amide bonds. The number of hydrogen-bond acceptors (Lipinski definition) is 7. The molecule has 0 spiro atoms. The summed E-state index contributed by atoms with van der Waals surface area (Å²) in [7, 11) is 1.62. The zero-order valence-electron chi connectivity index (χ0n) is 21.0. The fourth-order valence-corrected chi connectivity index (χ4v) is 4.75. The first-order valence-corrected chi connectivity index (χ1v) is 12.0. The van der Waals surface area contributed by atoms with Crippen molar-refractivity contribution in [3.63, 3.8) is 0 Å². The molecule has 3 heterocycles. The first-order chi connectivity index (χ1) is 16.2. The van der Waals surface area contributed by atoms with Crippen LogP contribution in [0.3, 0.4) is 0 Å². The second-order valence-corrected chi connectivity index (χ2v) is 10.4. The number of pyridine rings is 1. The van der Waals surface area contributed by atoms with E-state index in [-0.39, 0.29) is 29.2 Å². The van der Waals surface area contributed by atoms with E-state index in [1.54, 1.807) is 7.11 Å². The van der Waals surface area contributed by atoms with Gasteiger partial charge >= 0.3 is 0 Å². The van der Waals surface area contributed by atoms with Gasteiger partial charge in [0.05, 0.1) is 30.3 Å². The average molecular weight is 469 g/mol. The number of methoxy groups -OCH3 is 1. The highest BCUT2D eigenvalue weighted by Crippen LogP contribution is 2.32. The Bertz CT molecular complexity index is 1170. The van der Waals surface area contributed by atoms with Crippen molar-refractivity contribution in [3.8, 4) is 5.75 Å². The Labute approximate surface area is 200 Å². The maximum atomic E-state index is 13.1. The molecular formula is C25H36N6O3. The van der Waals surface area contributed by atoms with Crippen LogP contribution >= 0.6 is 0 Å². The predicted molar refractivity (Wildman–Crippen MR) is 131 cm³/mol. The van der Waals surface area contributed by atoms with E-state index in [4.69, 9.17) is 9.47 Å². The third kappa shape index (κ3) is 5.15. The lowest BCUT2D eigenvalue weighted by Gasteiger charge is -2.36. The van der Waals surface area contributed by atoms with Crippen LogP contribution < -0.4 is 10.3 Å². The van der Waals surface area contributed by atoms with Gasteiger partial charge in [0.25, 0.3) is 5.56 Å². The van der Waals surface area contributed by atoms with Crippen LogP contribution in [-0.2, 0) is 16.8 Å². The van der Waals surface area contributed by atoms with Gasteiger partial charge in [-0.2, -0.15) is 0 Å². The zero-order valence-corrected chi connectivity index (χ0v) is 21.0. The van der Waals surface area contributed by atoms with Crippen molar-refractivity contribution in [2.75, 3.05) is 20.3 Å². The molecule has 1 N–H and O–H groups in total. The van der Waals surface area contributed by atoms with Crippen molar-refractivity contribution < 1.29 is 9.47 Å². The van der Waals surface area contributed by atoms with Gasteiger partial charge in [-0.05, 0) is 73.5 Å². The third-order valence-corrected chi connectivity index (χ3v) is 6.38. The van der Waals surface area contributed by atoms with E-state index in [0.29, 0.717) is 24.4 Å². The maximum absolute atomic E-state index is 13.1. The summed E-state index contributed by atoms with van der Waals surface area (Å²) in [5.41, 5.74) is 1.10. The van der Waals surface area contributed by atoms with Crippen LogP contribution in [0.1, 0.15) is 64.9 Å². The smallest absolute Gasteiger partial charge is 0.252 e. The van der Waals surface area contributed by atoms with Crippen LogP contribution in [-0.4, -0.2) is 56.5 Å². The van der Waals surface area contributed by atoms with Gasteiger partial charge in [0.15, 0.2) is 5.82 Å². The van der Waals surface area contributed by atoms with Crippen molar-refractivity contribution in [3.05, 3.63) is 46.0 Å². The molecule has 1 aliphatic heterocycles. The number of rotatable bonds is 8. The molecule has 3 aromatic rings. The molecule has 0 saturated carbocycles. The van der Waals surface area contributed by atoms with E-state index >= 15 is 0 Å². The fourth-order valence-electron chi connectivity index (χ4n) is 4.75. The topological polar surface area (TPSA) is 98.2 Å². The number of H-pyrrole nitrogens is 1. The molecule has 34 heavy (non-hydrogen) atoms. The Kier molecular flexibility index (Phi) is 7.04. The molecule has 1 fully saturated rings. The number of aromatic nitrogens is 5. The molecule has 9 heteroatoms. The van der Waals surface area contributed by atoms with E-state index in [1.165, 1.54) is 0 Å². The van der Waals surface area contributed by atoms with Gasteiger partial charge in [-0.25, -0.2) is 4.68 Å². The first-order valence-electron chi connectivity index (χ1n) is 12.0. The Morgan fingerprint density at radius 3 is 2.74 bits per heavy atom. The van der Waals surface area contributed by atoms with Gasteiger partial charge in [0.2, 0.25) is 0 Å². The van der Waals surface area contributed by atoms with Crippen molar-refractivity contribution in [1.82, 2.24) is 30.1 Å². The molecule has 4 rings (SSSR count). The molecule has 184 valence electrons. The highest BCUT2D eigenvalue weighted by molar-refractivity contribution is 5.80. The van der Waals surface area contributed by atoms with E-state index in [0.717, 1.165) is 36.2 Å². The second kappa shape index (κ2) is 9.84. The van der Waals surface area contributed by atoms with Gasteiger partial charge in [0, 0.05) is 31.3 Å². The number of ether oxygens (including phenoxy) is 2. The van der Waals surface area contributed by atoms with Crippen LogP contribution in [0.15, 0.2) is 29.1 Å². The number of tetrazole rings is 1. The van der Waals surface area contributed by atoms with Crippen LogP contribution in [0, 0.1) is 5.92 Å². The highest BCUT2D eigenvalue weighted by Gasteiger charge is 2.34.